The third kappa shape index (κ3) is 4.77. The molecule has 0 spiro atoms. The van der Waals surface area contributed by atoms with Gasteiger partial charge in [0.25, 0.3) is 0 Å². The van der Waals surface area contributed by atoms with Crippen molar-refractivity contribution in [2.75, 3.05) is 18.5 Å². The van der Waals surface area contributed by atoms with Crippen LogP contribution >= 0.6 is 11.3 Å². The number of aliphatic hydroxyl groups is 1. The molecule has 1 unspecified atom stereocenters. The van der Waals surface area contributed by atoms with Gasteiger partial charge < -0.3 is 10.4 Å². The van der Waals surface area contributed by atoms with Gasteiger partial charge in [0.05, 0.1) is 0 Å². The molecule has 1 aromatic rings. The molecule has 0 radical (unpaired) electrons. The molecule has 1 aromatic heterocycles. The summed E-state index contributed by atoms with van der Waals surface area (Å²) in [6.07, 6.45) is -1.92. The van der Waals surface area contributed by atoms with Crippen LogP contribution in [0, 0.1) is 5.92 Å². The first-order valence-corrected chi connectivity index (χ1v) is 6.54. The number of anilines is 1. The summed E-state index contributed by atoms with van der Waals surface area (Å²) in [6.45, 7) is 2.61. The Morgan fingerprint density at radius 2 is 2.06 bits per heavy atom. The van der Waals surface area contributed by atoms with E-state index in [1.165, 1.54) is 0 Å². The smallest absolute Gasteiger partial charge is 0.396 e. The molecule has 0 aromatic carbocycles. The van der Waals surface area contributed by atoms with Crippen molar-refractivity contribution < 1.29 is 18.3 Å². The number of aliphatic hydroxyl groups excluding tert-OH is 1. The van der Waals surface area contributed by atoms with Crippen molar-refractivity contribution in [2.24, 2.45) is 5.92 Å². The minimum Gasteiger partial charge on any atom is -0.396 e. The summed E-state index contributed by atoms with van der Waals surface area (Å²) in [4.78, 5) is 0. The second-order valence-electron chi connectivity index (χ2n) is 3.96. The third-order valence-electron chi connectivity index (χ3n) is 2.44. The molecule has 0 saturated heterocycles. The molecule has 0 aliphatic rings. The van der Waals surface area contributed by atoms with E-state index in [-0.39, 0.29) is 17.7 Å². The lowest BCUT2D eigenvalue weighted by Crippen LogP contribution is -2.15. The molecule has 1 rings (SSSR count). The number of alkyl halides is 3. The van der Waals surface area contributed by atoms with E-state index in [2.05, 4.69) is 15.5 Å². The summed E-state index contributed by atoms with van der Waals surface area (Å²) in [7, 11) is 0. The summed E-state index contributed by atoms with van der Waals surface area (Å²) < 4.78 is 36.9. The van der Waals surface area contributed by atoms with Crippen LogP contribution in [0.1, 0.15) is 31.2 Å². The van der Waals surface area contributed by atoms with Gasteiger partial charge in [0.15, 0.2) is 0 Å². The van der Waals surface area contributed by atoms with E-state index in [4.69, 9.17) is 5.11 Å². The Kier molecular flexibility index (Phi) is 5.80. The molecule has 104 valence electrons. The Balaban J connectivity index is 2.49. The third-order valence-corrected chi connectivity index (χ3v) is 3.37. The van der Waals surface area contributed by atoms with Gasteiger partial charge in [-0.2, -0.15) is 13.2 Å². The fraction of sp³-hybridized carbons (Fsp3) is 0.800. The van der Waals surface area contributed by atoms with Crippen molar-refractivity contribution in [1.29, 1.82) is 0 Å². The highest BCUT2D eigenvalue weighted by Crippen LogP contribution is 2.33. The highest BCUT2D eigenvalue weighted by Gasteiger charge is 2.35. The lowest BCUT2D eigenvalue weighted by molar-refractivity contribution is -0.138. The van der Waals surface area contributed by atoms with Crippen molar-refractivity contribution in [3.05, 3.63) is 5.01 Å². The number of rotatable bonds is 7. The Morgan fingerprint density at radius 1 is 1.33 bits per heavy atom. The first-order chi connectivity index (χ1) is 8.47. The average molecular weight is 283 g/mol. The maximum atomic E-state index is 12.3. The van der Waals surface area contributed by atoms with E-state index >= 15 is 0 Å². The van der Waals surface area contributed by atoms with Crippen molar-refractivity contribution in [2.45, 2.75) is 32.4 Å². The predicted octanol–water partition coefficient (Wildman–Crippen LogP) is 2.77. The molecule has 4 nitrogen and oxygen atoms in total. The molecular formula is C10H16F3N3OS. The lowest BCUT2D eigenvalue weighted by atomic mass is 10.0. The summed E-state index contributed by atoms with van der Waals surface area (Å²) in [5.41, 5.74) is 0. The Bertz CT molecular complexity index is 350. The SMILES string of the molecule is CCCC(CCO)CNc1nnc(C(F)(F)F)s1. The van der Waals surface area contributed by atoms with Gasteiger partial charge in [-0.1, -0.05) is 24.7 Å². The molecule has 2 N–H and O–H groups in total. The quantitative estimate of drug-likeness (QED) is 0.808. The number of nitrogens with one attached hydrogen (secondary N) is 1. The Labute approximate surface area is 107 Å². The second kappa shape index (κ2) is 6.89. The van der Waals surface area contributed by atoms with Crippen molar-refractivity contribution in [1.82, 2.24) is 10.2 Å². The van der Waals surface area contributed by atoms with E-state index in [1.54, 1.807) is 0 Å². The van der Waals surface area contributed by atoms with E-state index in [9.17, 15) is 13.2 Å². The van der Waals surface area contributed by atoms with E-state index < -0.39 is 11.2 Å². The molecule has 0 aliphatic heterocycles. The molecule has 1 heterocycles. The van der Waals surface area contributed by atoms with Gasteiger partial charge in [-0.05, 0) is 18.8 Å². The van der Waals surface area contributed by atoms with Gasteiger partial charge >= 0.3 is 6.18 Å². The van der Waals surface area contributed by atoms with Crippen LogP contribution in [-0.2, 0) is 6.18 Å². The van der Waals surface area contributed by atoms with Gasteiger partial charge in [-0.15, -0.1) is 10.2 Å². The molecule has 0 amide bonds. The van der Waals surface area contributed by atoms with Crippen LogP contribution in [0.4, 0.5) is 18.3 Å². The fourth-order valence-electron chi connectivity index (χ4n) is 1.58. The zero-order chi connectivity index (χ0) is 13.6. The van der Waals surface area contributed by atoms with Gasteiger partial charge in [-0.3, -0.25) is 0 Å². The molecule has 0 bridgehead atoms. The summed E-state index contributed by atoms with van der Waals surface area (Å²) in [5, 5.41) is 17.5. The summed E-state index contributed by atoms with van der Waals surface area (Å²) in [5.74, 6) is 0.234. The maximum Gasteiger partial charge on any atom is 0.445 e. The summed E-state index contributed by atoms with van der Waals surface area (Å²) >= 11 is 0.497. The standard InChI is InChI=1S/C10H16F3N3OS/c1-2-3-7(4-5-17)6-14-9-16-15-8(18-9)10(11,12)13/h7,17H,2-6H2,1H3,(H,14,16). The topological polar surface area (TPSA) is 58.0 Å². The predicted molar refractivity (Wildman–Crippen MR) is 63.5 cm³/mol. The van der Waals surface area contributed by atoms with Gasteiger partial charge in [0.2, 0.25) is 10.1 Å². The zero-order valence-corrected chi connectivity index (χ0v) is 10.8. The fourth-order valence-corrected chi connectivity index (χ4v) is 2.20. The molecule has 0 fully saturated rings. The Morgan fingerprint density at radius 3 is 2.56 bits per heavy atom. The highest BCUT2D eigenvalue weighted by molar-refractivity contribution is 7.15. The molecular weight excluding hydrogens is 267 g/mol. The Hall–Kier alpha value is -0.890. The van der Waals surface area contributed by atoms with Crippen LogP contribution in [0.25, 0.3) is 0 Å². The number of hydrogen-bond donors (Lipinski definition) is 2. The van der Waals surface area contributed by atoms with Crippen molar-refractivity contribution >= 4 is 16.5 Å². The molecule has 8 heteroatoms. The number of hydrogen-bond acceptors (Lipinski definition) is 5. The van der Waals surface area contributed by atoms with Gasteiger partial charge in [0.1, 0.15) is 0 Å². The number of halogens is 3. The molecule has 18 heavy (non-hydrogen) atoms. The van der Waals surface area contributed by atoms with Crippen molar-refractivity contribution in [3.63, 3.8) is 0 Å². The van der Waals surface area contributed by atoms with Crippen LogP contribution in [0.5, 0.6) is 0 Å². The maximum absolute atomic E-state index is 12.3. The zero-order valence-electron chi connectivity index (χ0n) is 10.00. The van der Waals surface area contributed by atoms with Crippen LogP contribution in [0.2, 0.25) is 0 Å². The monoisotopic (exact) mass is 283 g/mol. The number of nitrogens with zero attached hydrogens (tertiary/aromatic N) is 2. The number of aromatic nitrogens is 2. The van der Waals surface area contributed by atoms with Crippen LogP contribution < -0.4 is 5.32 Å². The van der Waals surface area contributed by atoms with E-state index in [1.807, 2.05) is 6.92 Å². The second-order valence-corrected chi connectivity index (χ2v) is 4.94. The molecule has 0 aliphatic carbocycles. The van der Waals surface area contributed by atoms with Crippen LogP contribution in [0.15, 0.2) is 0 Å². The highest BCUT2D eigenvalue weighted by atomic mass is 32.1. The lowest BCUT2D eigenvalue weighted by Gasteiger charge is -2.14. The van der Waals surface area contributed by atoms with Crippen LogP contribution in [-0.4, -0.2) is 28.5 Å². The van der Waals surface area contributed by atoms with Crippen molar-refractivity contribution in [3.8, 4) is 0 Å². The molecule has 0 saturated carbocycles. The van der Waals surface area contributed by atoms with Gasteiger partial charge in [-0.25, -0.2) is 0 Å². The minimum absolute atomic E-state index is 0.0796. The average Bonchev–Trinajstić information content (AvgIpc) is 2.75. The normalized spacial score (nSPS) is 13.6. The molecule has 1 atom stereocenters. The van der Waals surface area contributed by atoms with E-state index in [0.717, 1.165) is 12.8 Å². The summed E-state index contributed by atoms with van der Waals surface area (Å²) in [6, 6.07) is 0. The minimum atomic E-state index is -4.44. The first-order valence-electron chi connectivity index (χ1n) is 5.72. The van der Waals surface area contributed by atoms with Gasteiger partial charge in [0, 0.05) is 13.2 Å². The largest absolute Gasteiger partial charge is 0.445 e. The van der Waals surface area contributed by atoms with E-state index in [0.29, 0.717) is 24.3 Å². The van der Waals surface area contributed by atoms with Crippen LogP contribution in [0.3, 0.4) is 0 Å². The first kappa shape index (κ1) is 15.2.